The number of aryl methyl sites for hydroxylation is 1. The molecule has 2 unspecified atom stereocenters. The van der Waals surface area contributed by atoms with Crippen molar-refractivity contribution in [1.82, 2.24) is 10.6 Å². The fraction of sp³-hybridized carbons (Fsp3) is 0.522. The number of guanidine groups is 1. The Kier molecular flexibility index (Phi) is 10.5. The van der Waals surface area contributed by atoms with Crippen molar-refractivity contribution in [3.63, 3.8) is 0 Å². The summed E-state index contributed by atoms with van der Waals surface area (Å²) >= 11 is 0. The molecule has 1 heterocycles. The summed E-state index contributed by atoms with van der Waals surface area (Å²) < 4.78 is 5.08. The molecular weight excluding hydrogens is 410 g/mol. The number of nitrogens with two attached hydrogens (primary N) is 1. The molecule has 0 aliphatic carbocycles. The van der Waals surface area contributed by atoms with E-state index in [1.807, 2.05) is 6.20 Å². The highest BCUT2D eigenvalue weighted by atomic mass is 16.5. The molecule has 2 atom stereocenters. The SMILES string of the molecule is CN=C(N)NC(CCCC(=O)CC(=O)CCc1ccc(O)c(OC)c1)CC[NH+]1C=CNC1. The van der Waals surface area contributed by atoms with Gasteiger partial charge in [0.25, 0.3) is 0 Å². The van der Waals surface area contributed by atoms with Crippen molar-refractivity contribution in [2.45, 2.75) is 51.0 Å². The van der Waals surface area contributed by atoms with E-state index in [0.717, 1.165) is 31.6 Å². The predicted octanol–water partition coefficient (Wildman–Crippen LogP) is 0.242. The second-order valence-corrected chi connectivity index (χ2v) is 8.01. The van der Waals surface area contributed by atoms with Gasteiger partial charge in [-0.15, -0.1) is 0 Å². The Morgan fingerprint density at radius 1 is 1.31 bits per heavy atom. The molecule has 0 saturated carbocycles. The van der Waals surface area contributed by atoms with E-state index in [1.54, 1.807) is 25.2 Å². The van der Waals surface area contributed by atoms with E-state index in [4.69, 9.17) is 10.5 Å². The first-order chi connectivity index (χ1) is 15.4. The number of carbonyl (C=O) groups excluding carboxylic acids is 2. The van der Waals surface area contributed by atoms with Gasteiger partial charge in [-0.1, -0.05) is 6.07 Å². The van der Waals surface area contributed by atoms with Crippen LogP contribution in [-0.2, 0) is 16.0 Å². The lowest BCUT2D eigenvalue weighted by Crippen LogP contribution is -3.07. The molecule has 9 heteroatoms. The highest BCUT2D eigenvalue weighted by molar-refractivity contribution is 5.99. The molecule has 0 aromatic heterocycles. The van der Waals surface area contributed by atoms with Crippen molar-refractivity contribution in [2.24, 2.45) is 10.7 Å². The minimum Gasteiger partial charge on any atom is -0.504 e. The summed E-state index contributed by atoms with van der Waals surface area (Å²) in [5.74, 6) is 0.726. The fourth-order valence-electron chi connectivity index (χ4n) is 3.62. The molecule has 0 fully saturated rings. The highest BCUT2D eigenvalue weighted by Crippen LogP contribution is 2.26. The molecule has 0 bridgehead atoms. The van der Waals surface area contributed by atoms with Gasteiger partial charge < -0.3 is 26.2 Å². The number of nitrogens with one attached hydrogen (secondary N) is 3. The van der Waals surface area contributed by atoms with Crippen LogP contribution in [0.15, 0.2) is 35.6 Å². The maximum Gasteiger partial charge on any atom is 0.188 e. The molecule has 1 aromatic carbocycles. The largest absolute Gasteiger partial charge is 0.504 e. The van der Waals surface area contributed by atoms with Crippen LogP contribution in [0.1, 0.15) is 44.1 Å². The number of ketones is 2. The topological polar surface area (TPSA) is 130 Å². The zero-order valence-corrected chi connectivity index (χ0v) is 19.0. The molecule has 0 amide bonds. The van der Waals surface area contributed by atoms with Crippen molar-refractivity contribution in [1.29, 1.82) is 0 Å². The number of benzene rings is 1. The minimum absolute atomic E-state index is 0.0357. The monoisotopic (exact) mass is 446 g/mol. The van der Waals surface area contributed by atoms with Crippen LogP contribution in [-0.4, -0.2) is 56.0 Å². The Labute approximate surface area is 189 Å². The molecule has 9 nitrogen and oxygen atoms in total. The van der Waals surface area contributed by atoms with E-state index in [0.29, 0.717) is 31.0 Å². The van der Waals surface area contributed by atoms with Gasteiger partial charge in [0, 0.05) is 32.4 Å². The third-order valence-corrected chi connectivity index (χ3v) is 5.51. The van der Waals surface area contributed by atoms with Crippen LogP contribution in [0.3, 0.4) is 0 Å². The van der Waals surface area contributed by atoms with Crippen LogP contribution in [0.2, 0.25) is 0 Å². The highest BCUT2D eigenvalue weighted by Gasteiger charge is 2.16. The van der Waals surface area contributed by atoms with Crippen LogP contribution >= 0.6 is 0 Å². The van der Waals surface area contributed by atoms with Crippen molar-refractivity contribution >= 4 is 17.5 Å². The number of phenolic OH excluding ortho intramolecular Hbond substituents is 1. The van der Waals surface area contributed by atoms with Crippen molar-refractivity contribution < 1.29 is 24.3 Å². The number of aromatic hydroxyl groups is 1. The second-order valence-electron chi connectivity index (χ2n) is 8.01. The number of ether oxygens (including phenoxy) is 1. The molecular formula is C23H36N5O4+. The number of aliphatic imine (C=N–C) groups is 1. The fourth-order valence-corrected chi connectivity index (χ4v) is 3.62. The number of quaternary nitrogens is 1. The molecule has 0 saturated heterocycles. The summed E-state index contributed by atoms with van der Waals surface area (Å²) in [7, 11) is 3.12. The van der Waals surface area contributed by atoms with Crippen LogP contribution in [0.4, 0.5) is 0 Å². The molecule has 32 heavy (non-hydrogen) atoms. The van der Waals surface area contributed by atoms with Crippen LogP contribution in [0.25, 0.3) is 0 Å². The molecule has 0 spiro atoms. The van der Waals surface area contributed by atoms with Gasteiger partial charge in [0.2, 0.25) is 0 Å². The Morgan fingerprint density at radius 2 is 2.09 bits per heavy atom. The third kappa shape index (κ3) is 8.97. The van der Waals surface area contributed by atoms with E-state index in [1.165, 1.54) is 12.0 Å². The van der Waals surface area contributed by atoms with Gasteiger partial charge in [0.05, 0.1) is 26.3 Å². The van der Waals surface area contributed by atoms with E-state index in [-0.39, 0.29) is 36.2 Å². The second kappa shape index (κ2) is 13.4. The number of hydrogen-bond acceptors (Lipinski definition) is 6. The van der Waals surface area contributed by atoms with E-state index in [2.05, 4.69) is 21.8 Å². The van der Waals surface area contributed by atoms with Gasteiger partial charge >= 0.3 is 0 Å². The molecule has 1 aromatic rings. The van der Waals surface area contributed by atoms with Crippen molar-refractivity contribution in [2.75, 3.05) is 27.4 Å². The lowest BCUT2D eigenvalue weighted by Gasteiger charge is -2.20. The summed E-state index contributed by atoms with van der Waals surface area (Å²) in [6.45, 7) is 1.83. The Morgan fingerprint density at radius 3 is 2.78 bits per heavy atom. The van der Waals surface area contributed by atoms with Crippen molar-refractivity contribution in [3.8, 4) is 11.5 Å². The summed E-state index contributed by atoms with van der Waals surface area (Å²) in [5.41, 5.74) is 6.72. The van der Waals surface area contributed by atoms with E-state index < -0.39 is 0 Å². The third-order valence-electron chi connectivity index (χ3n) is 5.51. The molecule has 0 radical (unpaired) electrons. The summed E-state index contributed by atoms with van der Waals surface area (Å²) in [6, 6.07) is 5.13. The maximum absolute atomic E-state index is 12.3. The zero-order valence-electron chi connectivity index (χ0n) is 19.0. The number of carbonyl (C=O) groups is 2. The molecule has 1 aliphatic rings. The smallest absolute Gasteiger partial charge is 0.188 e. The number of rotatable bonds is 14. The summed E-state index contributed by atoms with van der Waals surface area (Å²) in [6.07, 6.45) is 7.55. The number of phenols is 1. The lowest BCUT2D eigenvalue weighted by atomic mass is 10.0. The normalized spacial score (nSPS) is 16.4. The molecule has 2 rings (SSSR count). The average molecular weight is 447 g/mol. The lowest BCUT2D eigenvalue weighted by molar-refractivity contribution is -0.843. The summed E-state index contributed by atoms with van der Waals surface area (Å²) in [5, 5.41) is 16.0. The van der Waals surface area contributed by atoms with E-state index >= 15 is 0 Å². The quantitative estimate of drug-likeness (QED) is 0.157. The minimum atomic E-state index is -0.0731. The number of nitrogens with zero attached hydrogens (tertiary/aromatic N) is 1. The standard InChI is InChI=1S/C23H35N5O4/c1-25-23(24)27-18(10-12-28-13-11-26-16-28)4-3-5-19(29)15-20(30)8-6-17-7-9-21(31)22(14-17)32-2/h7,9,11,13-14,18,26,31H,3-6,8,10,12,15-16H2,1-2H3,(H3,24,25,27)/p+1. The van der Waals surface area contributed by atoms with Crippen LogP contribution in [0, 0.1) is 0 Å². The Bertz CT molecular complexity index is 825. The van der Waals surface area contributed by atoms with Gasteiger partial charge in [0.1, 0.15) is 17.8 Å². The van der Waals surface area contributed by atoms with Gasteiger partial charge in [-0.2, -0.15) is 0 Å². The first-order valence-corrected chi connectivity index (χ1v) is 11.0. The van der Waals surface area contributed by atoms with Gasteiger partial charge in [-0.25, -0.2) is 0 Å². The summed E-state index contributed by atoms with van der Waals surface area (Å²) in [4.78, 5) is 29.8. The van der Waals surface area contributed by atoms with Gasteiger partial charge in [-0.3, -0.25) is 19.5 Å². The first-order valence-electron chi connectivity index (χ1n) is 11.0. The molecule has 176 valence electrons. The maximum atomic E-state index is 12.3. The van der Waals surface area contributed by atoms with Gasteiger partial charge in [-0.05, 0) is 37.0 Å². The number of methoxy groups -OCH3 is 1. The average Bonchev–Trinajstić information content (AvgIpc) is 3.30. The zero-order chi connectivity index (χ0) is 23.3. The number of Topliss-reactive ketones (excluding diaryl/α,β-unsaturated/α-hetero) is 2. The Hall–Kier alpha value is -3.07. The number of hydrogen-bond donors (Lipinski definition) is 5. The van der Waals surface area contributed by atoms with Crippen LogP contribution < -0.4 is 26.0 Å². The molecule has 6 N–H and O–H groups in total. The van der Waals surface area contributed by atoms with Gasteiger partial charge in [0.15, 0.2) is 24.1 Å². The van der Waals surface area contributed by atoms with Crippen molar-refractivity contribution in [3.05, 3.63) is 36.2 Å². The predicted molar refractivity (Wildman–Crippen MR) is 124 cm³/mol. The first kappa shape index (κ1) is 25.2. The van der Waals surface area contributed by atoms with E-state index in [9.17, 15) is 14.7 Å². The van der Waals surface area contributed by atoms with Crippen LogP contribution in [0.5, 0.6) is 11.5 Å². The Balaban J connectivity index is 1.70. The molecule has 1 aliphatic heterocycles.